The summed E-state index contributed by atoms with van der Waals surface area (Å²) in [5.41, 5.74) is 0.635. The van der Waals surface area contributed by atoms with Gasteiger partial charge in [0.25, 0.3) is 0 Å². The molecular weight excluding hydrogens is 346 g/mol. The lowest BCUT2D eigenvalue weighted by atomic mass is 9.96. The molecule has 0 bridgehead atoms. The minimum atomic E-state index is -0.117. The SMILES string of the molecule is CCCNC(=O)C1CCCN(C(=O)CCc2nc(-c3ccccn3)no2)C1. The Kier molecular flexibility index (Phi) is 6.51. The van der Waals surface area contributed by atoms with Gasteiger partial charge in [-0.2, -0.15) is 4.98 Å². The summed E-state index contributed by atoms with van der Waals surface area (Å²) in [6.45, 7) is 3.88. The van der Waals surface area contributed by atoms with Crippen molar-refractivity contribution in [2.24, 2.45) is 5.92 Å². The lowest BCUT2D eigenvalue weighted by Gasteiger charge is -2.32. The second-order valence-electron chi connectivity index (χ2n) is 6.70. The first-order valence-corrected chi connectivity index (χ1v) is 9.47. The second kappa shape index (κ2) is 9.25. The number of amides is 2. The number of rotatable bonds is 7. The van der Waals surface area contributed by atoms with E-state index in [1.165, 1.54) is 0 Å². The van der Waals surface area contributed by atoms with E-state index in [-0.39, 0.29) is 24.2 Å². The van der Waals surface area contributed by atoms with Crippen LogP contribution in [0.4, 0.5) is 0 Å². The fourth-order valence-corrected chi connectivity index (χ4v) is 3.14. The highest BCUT2D eigenvalue weighted by Gasteiger charge is 2.28. The summed E-state index contributed by atoms with van der Waals surface area (Å²) in [7, 11) is 0. The first-order chi connectivity index (χ1) is 13.2. The van der Waals surface area contributed by atoms with E-state index in [2.05, 4.69) is 20.4 Å². The lowest BCUT2D eigenvalue weighted by molar-refractivity contribution is -0.135. The van der Waals surface area contributed by atoms with E-state index in [9.17, 15) is 9.59 Å². The standard InChI is InChI=1S/C19H25N5O3/c1-2-10-21-19(26)14-6-5-12-24(13-14)17(25)9-8-16-22-18(23-27-16)15-7-3-4-11-20-15/h3-4,7,11,14H,2,5-6,8-10,12-13H2,1H3,(H,21,26). The van der Waals surface area contributed by atoms with Gasteiger partial charge < -0.3 is 14.7 Å². The first-order valence-electron chi connectivity index (χ1n) is 9.47. The van der Waals surface area contributed by atoms with Crippen LogP contribution in [-0.2, 0) is 16.0 Å². The molecule has 144 valence electrons. The number of piperidine rings is 1. The minimum absolute atomic E-state index is 0.0144. The van der Waals surface area contributed by atoms with Crippen LogP contribution in [0.15, 0.2) is 28.9 Å². The van der Waals surface area contributed by atoms with E-state index in [0.29, 0.717) is 43.5 Å². The second-order valence-corrected chi connectivity index (χ2v) is 6.70. The van der Waals surface area contributed by atoms with Crippen molar-refractivity contribution in [3.63, 3.8) is 0 Å². The van der Waals surface area contributed by atoms with Crippen molar-refractivity contribution in [3.8, 4) is 11.5 Å². The highest BCUT2D eigenvalue weighted by molar-refractivity contribution is 5.81. The number of carbonyl (C=O) groups is 2. The van der Waals surface area contributed by atoms with Gasteiger partial charge in [-0.3, -0.25) is 14.6 Å². The molecule has 0 radical (unpaired) electrons. The van der Waals surface area contributed by atoms with E-state index in [4.69, 9.17) is 4.52 Å². The number of likely N-dealkylation sites (tertiary alicyclic amines) is 1. The van der Waals surface area contributed by atoms with Gasteiger partial charge in [-0.05, 0) is 31.4 Å². The van der Waals surface area contributed by atoms with Gasteiger partial charge in [-0.1, -0.05) is 18.1 Å². The number of aromatic nitrogens is 3. The summed E-state index contributed by atoms with van der Waals surface area (Å²) in [5.74, 6) is 0.780. The Balaban J connectivity index is 1.50. The maximum Gasteiger partial charge on any atom is 0.227 e. The lowest BCUT2D eigenvalue weighted by Crippen LogP contribution is -2.45. The van der Waals surface area contributed by atoms with Crippen LogP contribution < -0.4 is 5.32 Å². The van der Waals surface area contributed by atoms with Gasteiger partial charge in [-0.15, -0.1) is 0 Å². The number of nitrogens with zero attached hydrogens (tertiary/aromatic N) is 4. The van der Waals surface area contributed by atoms with E-state index >= 15 is 0 Å². The molecule has 3 rings (SSSR count). The van der Waals surface area contributed by atoms with Gasteiger partial charge in [0.1, 0.15) is 5.69 Å². The highest BCUT2D eigenvalue weighted by Crippen LogP contribution is 2.18. The Labute approximate surface area is 158 Å². The molecule has 1 atom stereocenters. The molecule has 1 aliphatic rings. The molecule has 0 spiro atoms. The van der Waals surface area contributed by atoms with Crippen LogP contribution in [0.2, 0.25) is 0 Å². The molecular formula is C19H25N5O3. The van der Waals surface area contributed by atoms with E-state index in [0.717, 1.165) is 19.3 Å². The van der Waals surface area contributed by atoms with Gasteiger partial charge in [0.15, 0.2) is 0 Å². The van der Waals surface area contributed by atoms with Crippen molar-refractivity contribution in [3.05, 3.63) is 30.3 Å². The van der Waals surface area contributed by atoms with Gasteiger partial charge in [0.2, 0.25) is 23.5 Å². The molecule has 2 aromatic heterocycles. The van der Waals surface area contributed by atoms with Crippen molar-refractivity contribution in [2.45, 2.75) is 39.0 Å². The zero-order valence-electron chi connectivity index (χ0n) is 15.6. The van der Waals surface area contributed by atoms with Crippen LogP contribution >= 0.6 is 0 Å². The fourth-order valence-electron chi connectivity index (χ4n) is 3.14. The maximum atomic E-state index is 12.5. The molecule has 1 fully saturated rings. The van der Waals surface area contributed by atoms with Crippen molar-refractivity contribution in [1.29, 1.82) is 0 Å². The van der Waals surface area contributed by atoms with Crippen molar-refractivity contribution >= 4 is 11.8 Å². The summed E-state index contributed by atoms with van der Waals surface area (Å²) in [6, 6.07) is 5.47. The number of nitrogens with one attached hydrogen (secondary N) is 1. The van der Waals surface area contributed by atoms with Crippen molar-refractivity contribution in [2.75, 3.05) is 19.6 Å². The van der Waals surface area contributed by atoms with E-state index in [1.807, 2.05) is 19.1 Å². The predicted molar refractivity (Wildman–Crippen MR) is 98.5 cm³/mol. The van der Waals surface area contributed by atoms with Gasteiger partial charge >= 0.3 is 0 Å². The largest absolute Gasteiger partial charge is 0.356 e. The maximum absolute atomic E-state index is 12.5. The Hall–Kier alpha value is -2.77. The van der Waals surface area contributed by atoms with Gasteiger partial charge in [0, 0.05) is 38.7 Å². The summed E-state index contributed by atoms with van der Waals surface area (Å²) in [5, 5.41) is 6.84. The van der Waals surface area contributed by atoms with Crippen molar-refractivity contribution < 1.29 is 14.1 Å². The van der Waals surface area contributed by atoms with Crippen LogP contribution in [0.25, 0.3) is 11.5 Å². The molecule has 0 aromatic carbocycles. The van der Waals surface area contributed by atoms with Gasteiger partial charge in [0.05, 0.1) is 5.92 Å². The average molecular weight is 371 g/mol. The zero-order valence-corrected chi connectivity index (χ0v) is 15.6. The van der Waals surface area contributed by atoms with E-state index in [1.54, 1.807) is 17.2 Å². The molecule has 1 saturated heterocycles. The molecule has 1 N–H and O–H groups in total. The third kappa shape index (κ3) is 5.12. The monoisotopic (exact) mass is 371 g/mol. The molecule has 1 unspecified atom stereocenters. The third-order valence-electron chi connectivity index (χ3n) is 4.61. The molecule has 2 aromatic rings. The number of aryl methyl sites for hydroxylation is 1. The molecule has 8 nitrogen and oxygen atoms in total. The zero-order chi connectivity index (χ0) is 19.1. The Morgan fingerprint density at radius 3 is 3.04 bits per heavy atom. The average Bonchev–Trinajstić information content (AvgIpc) is 3.20. The van der Waals surface area contributed by atoms with Crippen LogP contribution in [0.3, 0.4) is 0 Å². The van der Waals surface area contributed by atoms with Crippen LogP contribution in [0.5, 0.6) is 0 Å². The molecule has 8 heteroatoms. The number of hydrogen-bond acceptors (Lipinski definition) is 6. The Morgan fingerprint density at radius 2 is 2.26 bits per heavy atom. The van der Waals surface area contributed by atoms with Gasteiger partial charge in [-0.25, -0.2) is 0 Å². The summed E-state index contributed by atoms with van der Waals surface area (Å²) in [6.07, 6.45) is 4.91. The number of carbonyl (C=O) groups excluding carboxylic acids is 2. The molecule has 2 amide bonds. The third-order valence-corrected chi connectivity index (χ3v) is 4.61. The smallest absolute Gasteiger partial charge is 0.227 e. The van der Waals surface area contributed by atoms with Crippen LogP contribution in [0.1, 0.15) is 38.5 Å². The molecule has 0 aliphatic carbocycles. The quantitative estimate of drug-likeness (QED) is 0.797. The first kappa shape index (κ1) is 19.0. The normalized spacial score (nSPS) is 16.9. The summed E-state index contributed by atoms with van der Waals surface area (Å²) >= 11 is 0. The Bertz CT molecular complexity index is 762. The molecule has 3 heterocycles. The molecule has 27 heavy (non-hydrogen) atoms. The van der Waals surface area contributed by atoms with Crippen molar-refractivity contribution in [1.82, 2.24) is 25.3 Å². The Morgan fingerprint density at radius 1 is 1.37 bits per heavy atom. The summed E-state index contributed by atoms with van der Waals surface area (Å²) in [4.78, 5) is 34.9. The minimum Gasteiger partial charge on any atom is -0.356 e. The number of hydrogen-bond donors (Lipinski definition) is 1. The van der Waals surface area contributed by atoms with Crippen LogP contribution in [-0.4, -0.2) is 51.5 Å². The van der Waals surface area contributed by atoms with Crippen LogP contribution in [0, 0.1) is 5.92 Å². The molecule has 1 aliphatic heterocycles. The van der Waals surface area contributed by atoms with E-state index < -0.39 is 0 Å². The topological polar surface area (TPSA) is 101 Å². The summed E-state index contributed by atoms with van der Waals surface area (Å²) < 4.78 is 5.22. The number of pyridine rings is 1. The highest BCUT2D eigenvalue weighted by atomic mass is 16.5. The fraction of sp³-hybridized carbons (Fsp3) is 0.526. The molecule has 0 saturated carbocycles. The predicted octanol–water partition coefficient (Wildman–Crippen LogP) is 1.83.